The van der Waals surface area contributed by atoms with Crippen molar-refractivity contribution in [1.29, 1.82) is 0 Å². The van der Waals surface area contributed by atoms with Crippen molar-refractivity contribution in [3.05, 3.63) is 10.1 Å². The molecule has 0 spiro atoms. The van der Waals surface area contributed by atoms with Crippen LogP contribution in [-0.4, -0.2) is 58.0 Å². The first kappa shape index (κ1) is 19.1. The van der Waals surface area contributed by atoms with E-state index >= 15 is 0 Å². The molecule has 120 valence electrons. The summed E-state index contributed by atoms with van der Waals surface area (Å²) < 4.78 is 58.9. The first-order valence-electron chi connectivity index (χ1n) is 5.28. The molecule has 0 saturated heterocycles. The number of rotatable bonds is 9. The van der Waals surface area contributed by atoms with Crippen LogP contribution in [0.15, 0.2) is 0 Å². The molecule has 0 saturated carbocycles. The monoisotopic (exact) mass is 337 g/mol. The second kappa shape index (κ2) is 7.24. The second-order valence-corrected chi connectivity index (χ2v) is 7.18. The lowest BCUT2D eigenvalue weighted by Crippen LogP contribution is -2.28. The smallest absolute Gasteiger partial charge is 0.291 e. The molecule has 2 atom stereocenters. The van der Waals surface area contributed by atoms with E-state index in [2.05, 4.69) is 0 Å². The van der Waals surface area contributed by atoms with E-state index in [-0.39, 0.29) is 0 Å². The van der Waals surface area contributed by atoms with Crippen molar-refractivity contribution < 1.29 is 41.1 Å². The number of aliphatic hydroxyl groups is 2. The summed E-state index contributed by atoms with van der Waals surface area (Å²) >= 11 is 0. The van der Waals surface area contributed by atoms with Crippen molar-refractivity contribution in [1.82, 2.24) is 0 Å². The van der Waals surface area contributed by atoms with Crippen molar-refractivity contribution in [2.24, 2.45) is 0 Å². The minimum absolute atomic E-state index is 0.466. The third-order valence-electron chi connectivity index (χ3n) is 2.48. The Morgan fingerprint density at radius 3 is 1.35 bits per heavy atom. The fraction of sp³-hybridized carbons (Fsp3) is 1.00. The molecule has 0 bridgehead atoms. The van der Waals surface area contributed by atoms with Crippen molar-refractivity contribution in [2.75, 3.05) is 0 Å². The number of aliphatic hydroxyl groups excluding tert-OH is 2. The molecule has 0 aliphatic heterocycles. The van der Waals surface area contributed by atoms with Gasteiger partial charge >= 0.3 is 0 Å². The van der Waals surface area contributed by atoms with Crippen molar-refractivity contribution in [3.8, 4) is 0 Å². The lowest BCUT2D eigenvalue weighted by Gasteiger charge is -2.13. The zero-order valence-corrected chi connectivity index (χ0v) is 11.7. The summed E-state index contributed by atoms with van der Waals surface area (Å²) in [6, 6.07) is -1.44. The van der Waals surface area contributed by atoms with Gasteiger partial charge in [-0.25, -0.2) is 0 Å². The van der Waals surface area contributed by atoms with Gasteiger partial charge in [0.25, 0.3) is 20.2 Å². The van der Waals surface area contributed by atoms with Gasteiger partial charge < -0.3 is 10.2 Å². The van der Waals surface area contributed by atoms with E-state index in [1.54, 1.807) is 0 Å². The molecule has 0 rings (SSSR count). The Labute approximate surface area is 114 Å². The third-order valence-corrected chi connectivity index (χ3v) is 4.33. The Morgan fingerprint density at radius 2 is 1.15 bits per heavy atom. The Hall–Kier alpha value is -0.860. The van der Waals surface area contributed by atoms with E-state index in [0.717, 1.165) is 0 Å². The van der Waals surface area contributed by atoms with E-state index in [9.17, 15) is 26.9 Å². The Kier molecular flexibility index (Phi) is 6.92. The zero-order valence-electron chi connectivity index (χ0n) is 10.1. The van der Waals surface area contributed by atoms with Crippen LogP contribution < -0.4 is 0 Å². The van der Waals surface area contributed by atoms with E-state index in [1.165, 1.54) is 0 Å². The molecule has 0 aromatic carbocycles. The fourth-order valence-corrected chi connectivity index (χ4v) is 2.19. The van der Waals surface area contributed by atoms with Crippen molar-refractivity contribution in [2.45, 2.75) is 42.6 Å². The van der Waals surface area contributed by atoms with Crippen LogP contribution in [0.2, 0.25) is 0 Å². The van der Waals surface area contributed by atoms with Crippen LogP contribution >= 0.6 is 0 Å². The molecular weight excluding hydrogens is 322 g/mol. The summed E-state index contributed by atoms with van der Waals surface area (Å²) in [7, 11) is -9.46. The third kappa shape index (κ3) is 7.06. The maximum atomic E-state index is 10.6. The molecule has 4 N–H and O–H groups in total. The molecule has 0 aromatic rings. The Morgan fingerprint density at radius 1 is 0.850 bits per heavy atom. The van der Waals surface area contributed by atoms with Gasteiger partial charge in [-0.2, -0.15) is 16.8 Å². The maximum absolute atomic E-state index is 10.6. The van der Waals surface area contributed by atoms with Gasteiger partial charge in [0.2, 0.25) is 6.04 Å². The summed E-state index contributed by atoms with van der Waals surface area (Å²) in [4.78, 5) is 9.80. The summed E-state index contributed by atoms with van der Waals surface area (Å²) in [5.74, 6) is 0. The van der Waals surface area contributed by atoms with Crippen molar-refractivity contribution >= 4 is 20.2 Å². The van der Waals surface area contributed by atoms with Gasteiger partial charge in [0.1, 0.15) is 0 Å². The van der Waals surface area contributed by atoms with Gasteiger partial charge in [0.05, 0.1) is 0 Å². The SMILES string of the molecule is O=[N+]([O-])C(CCC(O)S(=O)(=O)O)CCC(O)S(=O)(=O)O. The summed E-state index contributed by atoms with van der Waals surface area (Å²) in [6.07, 6.45) is -2.20. The van der Waals surface area contributed by atoms with Crippen molar-refractivity contribution in [3.63, 3.8) is 0 Å². The minimum atomic E-state index is -4.73. The van der Waals surface area contributed by atoms with Gasteiger partial charge in [-0.1, -0.05) is 0 Å². The normalized spacial score (nSPS) is 17.4. The molecule has 0 fully saturated rings. The zero-order chi connectivity index (χ0) is 16.1. The summed E-state index contributed by atoms with van der Waals surface area (Å²) in [5.41, 5.74) is -4.37. The maximum Gasteiger partial charge on any atom is 0.291 e. The van der Waals surface area contributed by atoms with E-state index < -0.39 is 67.8 Å². The average molecular weight is 337 g/mol. The number of hydrogen-bond donors (Lipinski definition) is 4. The fourth-order valence-electron chi connectivity index (χ4n) is 1.32. The van der Waals surface area contributed by atoms with E-state index in [1.807, 2.05) is 0 Å². The van der Waals surface area contributed by atoms with Gasteiger partial charge in [-0.3, -0.25) is 19.2 Å². The van der Waals surface area contributed by atoms with Crippen LogP contribution in [0.1, 0.15) is 25.7 Å². The molecule has 2 unspecified atom stereocenters. The molecule has 0 aliphatic carbocycles. The number of nitro groups is 1. The highest BCUT2D eigenvalue weighted by atomic mass is 32.2. The van der Waals surface area contributed by atoms with Gasteiger partial charge in [-0.15, -0.1) is 0 Å². The van der Waals surface area contributed by atoms with Gasteiger partial charge in [-0.05, 0) is 12.8 Å². The Balaban J connectivity index is 4.51. The molecule has 11 nitrogen and oxygen atoms in total. The molecule has 0 heterocycles. The summed E-state index contributed by atoms with van der Waals surface area (Å²) in [5, 5.41) is 28.6. The largest absolute Gasteiger partial charge is 0.375 e. The molecule has 0 radical (unpaired) electrons. The lowest BCUT2D eigenvalue weighted by molar-refractivity contribution is -0.524. The molecule has 20 heavy (non-hydrogen) atoms. The second-order valence-electron chi connectivity index (χ2n) is 4.03. The van der Waals surface area contributed by atoms with Crippen LogP contribution in [0.3, 0.4) is 0 Å². The average Bonchev–Trinajstić information content (AvgIpc) is 2.24. The highest BCUT2D eigenvalue weighted by molar-refractivity contribution is 7.86. The van der Waals surface area contributed by atoms with Crippen LogP contribution in [0.4, 0.5) is 0 Å². The van der Waals surface area contributed by atoms with Crippen LogP contribution in [0, 0.1) is 10.1 Å². The highest BCUT2D eigenvalue weighted by Gasteiger charge is 2.29. The molecule has 0 amide bonds. The molecule has 13 heteroatoms. The van der Waals surface area contributed by atoms with E-state index in [4.69, 9.17) is 19.3 Å². The van der Waals surface area contributed by atoms with Crippen LogP contribution in [0.5, 0.6) is 0 Å². The molecule has 0 aromatic heterocycles. The lowest BCUT2D eigenvalue weighted by atomic mass is 10.1. The predicted molar refractivity (Wildman–Crippen MR) is 64.4 cm³/mol. The first-order chi connectivity index (χ1) is 8.85. The highest BCUT2D eigenvalue weighted by Crippen LogP contribution is 2.15. The first-order valence-corrected chi connectivity index (χ1v) is 8.28. The standard InChI is InChI=1S/C7H15NO10S2/c9-6(19(13,14)15)3-1-5(8(11)12)2-4-7(10)20(16,17)18/h5-7,9-10H,1-4H2,(H,13,14,15)(H,16,17,18). The molecule has 0 aliphatic rings. The number of hydrogen-bond acceptors (Lipinski definition) is 8. The molecular formula is C7H15NO10S2. The van der Waals surface area contributed by atoms with Gasteiger partial charge in [0.15, 0.2) is 10.9 Å². The van der Waals surface area contributed by atoms with Gasteiger partial charge in [0, 0.05) is 17.8 Å². The minimum Gasteiger partial charge on any atom is -0.375 e. The van der Waals surface area contributed by atoms with Crippen LogP contribution in [0.25, 0.3) is 0 Å². The van der Waals surface area contributed by atoms with Crippen LogP contribution in [-0.2, 0) is 20.2 Å². The predicted octanol–water partition coefficient (Wildman–Crippen LogP) is -1.40. The quantitative estimate of drug-likeness (QED) is 0.221. The Bertz CT molecular complexity index is 484. The van der Waals surface area contributed by atoms with E-state index in [0.29, 0.717) is 0 Å². The topological polar surface area (TPSA) is 192 Å². The number of nitrogens with zero attached hydrogens (tertiary/aromatic N) is 1. The summed E-state index contributed by atoms with van der Waals surface area (Å²) in [6.45, 7) is 0.